The Balaban J connectivity index is -0.000000469. The van der Waals surface area contributed by atoms with Crippen LogP contribution in [0.2, 0.25) is 0 Å². The van der Waals surface area contributed by atoms with Gasteiger partial charge in [0.1, 0.15) is 0 Å². The lowest BCUT2D eigenvalue weighted by Crippen LogP contribution is -2.22. The van der Waals surface area contributed by atoms with Crippen LogP contribution in [0.3, 0.4) is 0 Å². The predicted octanol–water partition coefficient (Wildman–Crippen LogP) is 4.39. The molecular formula is C27H60O9. The number of rotatable bonds is 18. The molecule has 0 aliphatic carbocycles. The lowest BCUT2D eigenvalue weighted by atomic mass is 10.2. The third kappa shape index (κ3) is 50.5. The van der Waals surface area contributed by atoms with Crippen LogP contribution in [-0.2, 0) is 42.6 Å². The topological polar surface area (TPSA) is 83.1 Å². The summed E-state index contributed by atoms with van der Waals surface area (Å²) in [6.07, 6.45) is 0. The van der Waals surface area contributed by atoms with Gasteiger partial charge in [-0.1, -0.05) is 0 Å². The van der Waals surface area contributed by atoms with E-state index < -0.39 is 0 Å². The van der Waals surface area contributed by atoms with Gasteiger partial charge in [-0.25, -0.2) is 0 Å². The summed E-state index contributed by atoms with van der Waals surface area (Å²) in [5.41, 5.74) is -0.179. The zero-order valence-electron chi connectivity index (χ0n) is 25.7. The average Bonchev–Trinajstić information content (AvgIpc) is 2.74. The van der Waals surface area contributed by atoms with Crippen LogP contribution in [0.1, 0.15) is 62.3 Å². The first-order valence-corrected chi connectivity index (χ1v) is 12.8. The van der Waals surface area contributed by atoms with E-state index in [-0.39, 0.29) is 16.8 Å². The van der Waals surface area contributed by atoms with Crippen molar-refractivity contribution >= 4 is 0 Å². The fourth-order valence-corrected chi connectivity index (χ4v) is 1.95. The molecule has 0 rings (SSSR count). The first-order chi connectivity index (χ1) is 16.7. The molecule has 0 heterocycles. The van der Waals surface area contributed by atoms with Gasteiger partial charge in [0.25, 0.3) is 0 Å². The van der Waals surface area contributed by atoms with Crippen molar-refractivity contribution in [2.45, 2.75) is 79.1 Å². The van der Waals surface area contributed by atoms with Crippen molar-refractivity contribution in [2.75, 3.05) is 101 Å². The van der Waals surface area contributed by atoms with Crippen LogP contribution in [0, 0.1) is 0 Å². The molecule has 0 unspecified atom stereocenters. The summed E-state index contributed by atoms with van der Waals surface area (Å²) in [6, 6.07) is 0. The Labute approximate surface area is 222 Å². The molecule has 0 aromatic carbocycles. The molecule has 222 valence electrons. The number of hydrogen-bond donors (Lipinski definition) is 0. The van der Waals surface area contributed by atoms with Crippen molar-refractivity contribution in [1.82, 2.24) is 0 Å². The molecule has 0 fully saturated rings. The summed E-state index contributed by atoms with van der Waals surface area (Å²) in [7, 11) is 4.99. The van der Waals surface area contributed by atoms with E-state index in [0.717, 1.165) is 0 Å². The molecule has 0 spiro atoms. The van der Waals surface area contributed by atoms with Gasteiger partial charge in [0, 0.05) is 21.3 Å². The SMILES string of the molecule is COCCOC(C)(C)C.COCCOCCOC(C)(C)C.COCCOCCOCCOC(C)(C)C. The van der Waals surface area contributed by atoms with E-state index in [1.807, 2.05) is 62.3 Å². The molecule has 0 aromatic rings. The second-order valence-corrected chi connectivity index (χ2v) is 10.7. The summed E-state index contributed by atoms with van der Waals surface area (Å²) in [5, 5.41) is 0. The first kappa shape index (κ1) is 40.1. The van der Waals surface area contributed by atoms with Gasteiger partial charge in [0.05, 0.1) is 96.1 Å². The van der Waals surface area contributed by atoms with Crippen LogP contribution in [0.25, 0.3) is 0 Å². The molecule has 36 heavy (non-hydrogen) atoms. The van der Waals surface area contributed by atoms with Crippen molar-refractivity contribution in [3.05, 3.63) is 0 Å². The van der Waals surface area contributed by atoms with E-state index in [1.54, 1.807) is 21.3 Å². The van der Waals surface area contributed by atoms with E-state index in [0.29, 0.717) is 79.3 Å². The Morgan fingerprint density at radius 2 is 0.500 bits per heavy atom. The molecule has 9 heteroatoms. The molecule has 0 aliphatic heterocycles. The molecule has 0 atom stereocenters. The molecule has 0 amide bonds. The van der Waals surface area contributed by atoms with Gasteiger partial charge in [0.2, 0.25) is 0 Å². The highest BCUT2D eigenvalue weighted by atomic mass is 16.6. The summed E-state index contributed by atoms with van der Waals surface area (Å²) < 4.78 is 46.5. The Morgan fingerprint density at radius 1 is 0.306 bits per heavy atom. The predicted molar refractivity (Wildman–Crippen MR) is 145 cm³/mol. The standard InChI is InChI=1S/C11H24O4.C9H20O3.C7H16O2/c1-11(2,3)15-10-9-14-8-7-13-6-5-12-4;1-9(2,3)12-8-7-11-6-5-10-4;1-7(2,3)9-6-5-8-4/h5-10H2,1-4H3;5-8H2,1-4H3;5-6H2,1-4H3. The smallest absolute Gasteiger partial charge is 0.0707 e. The van der Waals surface area contributed by atoms with Gasteiger partial charge in [-0.15, -0.1) is 0 Å². The molecule has 0 saturated heterocycles. The molecule has 9 nitrogen and oxygen atoms in total. The fourth-order valence-electron chi connectivity index (χ4n) is 1.95. The monoisotopic (exact) mass is 528 g/mol. The zero-order valence-corrected chi connectivity index (χ0v) is 25.7. The van der Waals surface area contributed by atoms with Crippen molar-refractivity contribution in [2.24, 2.45) is 0 Å². The second kappa shape index (κ2) is 26.3. The molecule has 0 radical (unpaired) electrons. The van der Waals surface area contributed by atoms with Crippen LogP contribution in [0.4, 0.5) is 0 Å². The minimum Gasteiger partial charge on any atom is -0.382 e. The maximum atomic E-state index is 5.49. The molecule has 0 aliphatic rings. The summed E-state index contributed by atoms with van der Waals surface area (Å²) >= 11 is 0. The quantitative estimate of drug-likeness (QED) is 0.240. The highest BCUT2D eigenvalue weighted by Crippen LogP contribution is 2.06. The largest absolute Gasteiger partial charge is 0.382 e. The Kier molecular flexibility index (Phi) is 29.3. The minimum atomic E-state index is -0.0850. The van der Waals surface area contributed by atoms with Gasteiger partial charge in [-0.2, -0.15) is 0 Å². The van der Waals surface area contributed by atoms with E-state index in [2.05, 4.69) is 0 Å². The summed E-state index contributed by atoms with van der Waals surface area (Å²) in [4.78, 5) is 0. The van der Waals surface area contributed by atoms with Crippen LogP contribution in [0.5, 0.6) is 0 Å². The van der Waals surface area contributed by atoms with Crippen molar-refractivity contribution in [1.29, 1.82) is 0 Å². The van der Waals surface area contributed by atoms with Crippen LogP contribution in [-0.4, -0.2) is 117 Å². The molecule has 0 bridgehead atoms. The van der Waals surface area contributed by atoms with Crippen molar-refractivity contribution in [3.63, 3.8) is 0 Å². The average molecular weight is 529 g/mol. The Morgan fingerprint density at radius 3 is 0.750 bits per heavy atom. The number of ether oxygens (including phenoxy) is 9. The van der Waals surface area contributed by atoms with E-state index in [4.69, 9.17) is 42.6 Å². The van der Waals surface area contributed by atoms with Gasteiger partial charge in [-0.3, -0.25) is 0 Å². The number of methoxy groups -OCH3 is 3. The number of hydrogen-bond acceptors (Lipinski definition) is 9. The lowest BCUT2D eigenvalue weighted by Gasteiger charge is -2.19. The highest BCUT2D eigenvalue weighted by molar-refractivity contribution is 4.59. The van der Waals surface area contributed by atoms with Gasteiger partial charge >= 0.3 is 0 Å². The normalized spacial score (nSPS) is 12.0. The molecule has 0 N–H and O–H groups in total. The van der Waals surface area contributed by atoms with Crippen LogP contribution >= 0.6 is 0 Å². The maximum absolute atomic E-state index is 5.49. The minimum absolute atomic E-state index is 0.0292. The van der Waals surface area contributed by atoms with Gasteiger partial charge < -0.3 is 42.6 Å². The second-order valence-electron chi connectivity index (χ2n) is 10.7. The first-order valence-electron chi connectivity index (χ1n) is 12.8. The van der Waals surface area contributed by atoms with E-state index in [9.17, 15) is 0 Å². The van der Waals surface area contributed by atoms with E-state index in [1.165, 1.54) is 0 Å². The summed E-state index contributed by atoms with van der Waals surface area (Å²) in [5.74, 6) is 0. The third-order valence-electron chi connectivity index (χ3n) is 3.58. The van der Waals surface area contributed by atoms with Crippen LogP contribution < -0.4 is 0 Å². The van der Waals surface area contributed by atoms with Gasteiger partial charge in [-0.05, 0) is 62.3 Å². The van der Waals surface area contributed by atoms with Crippen molar-refractivity contribution < 1.29 is 42.6 Å². The molecule has 0 saturated carbocycles. The Bertz CT molecular complexity index is 413. The zero-order chi connectivity index (χ0) is 28.3. The molecule has 0 aromatic heterocycles. The molecular weight excluding hydrogens is 468 g/mol. The van der Waals surface area contributed by atoms with Crippen LogP contribution in [0.15, 0.2) is 0 Å². The highest BCUT2D eigenvalue weighted by Gasteiger charge is 2.10. The summed E-state index contributed by atoms with van der Waals surface area (Å²) in [6.45, 7) is 25.9. The lowest BCUT2D eigenvalue weighted by molar-refractivity contribution is -0.0442. The third-order valence-corrected chi connectivity index (χ3v) is 3.58. The fraction of sp³-hybridized carbons (Fsp3) is 1.00. The maximum Gasteiger partial charge on any atom is 0.0707 e. The van der Waals surface area contributed by atoms with Crippen molar-refractivity contribution in [3.8, 4) is 0 Å². The van der Waals surface area contributed by atoms with Gasteiger partial charge in [0.15, 0.2) is 0 Å². The van der Waals surface area contributed by atoms with E-state index >= 15 is 0 Å². The Hall–Kier alpha value is -0.360.